The first-order valence-electron chi connectivity index (χ1n) is 9.52. The summed E-state index contributed by atoms with van der Waals surface area (Å²) in [5.74, 6) is -1.59. The Morgan fingerprint density at radius 1 is 1.03 bits per heavy atom. The molecule has 1 aliphatic heterocycles. The fraction of sp³-hybridized carbons (Fsp3) is 0.182. The number of rotatable bonds is 3. The second-order valence-corrected chi connectivity index (χ2v) is 9.38. The maximum absolute atomic E-state index is 13.7. The Morgan fingerprint density at radius 3 is 2.42 bits per heavy atom. The topological polar surface area (TPSA) is 80.5 Å². The zero-order valence-electron chi connectivity index (χ0n) is 16.8. The van der Waals surface area contributed by atoms with Crippen molar-refractivity contribution in [2.75, 3.05) is 5.75 Å². The number of halogens is 2. The van der Waals surface area contributed by atoms with E-state index < -0.39 is 21.6 Å². The quantitative estimate of drug-likeness (QED) is 0.495. The molecule has 3 aromatic rings. The molecule has 160 valence electrons. The Bertz CT molecular complexity index is 1330. The van der Waals surface area contributed by atoms with Crippen molar-refractivity contribution in [2.45, 2.75) is 25.2 Å². The van der Waals surface area contributed by atoms with E-state index in [1.165, 1.54) is 18.2 Å². The van der Waals surface area contributed by atoms with Gasteiger partial charge in [-0.1, -0.05) is 0 Å². The number of hydrogen-bond donors (Lipinski definition) is 1. The number of sulfone groups is 1. The zero-order valence-corrected chi connectivity index (χ0v) is 17.6. The summed E-state index contributed by atoms with van der Waals surface area (Å²) in [5.41, 5.74) is 5.40. The van der Waals surface area contributed by atoms with Gasteiger partial charge < -0.3 is 4.57 Å². The minimum absolute atomic E-state index is 0.00244. The van der Waals surface area contributed by atoms with Crippen LogP contribution >= 0.6 is 0 Å². The molecule has 0 radical (unpaired) electrons. The average Bonchev–Trinajstić information content (AvgIpc) is 3.02. The van der Waals surface area contributed by atoms with Crippen LogP contribution in [-0.2, 0) is 9.84 Å². The number of nitrogens with one attached hydrogen (secondary N) is 1. The molecule has 0 aliphatic carbocycles. The monoisotopic (exact) mass is 443 g/mol. The number of aromatic nitrogens is 1. The standard InChI is InChI=1S/C22H19F2N3O3S/c1-13-11-18(14(2)27(13)17-6-3-15(23)4-7-17)22(28)26-25-20-9-10-31(29,30)21-8-5-16(24)12-19(20)21/h3-8,11-12H,9-10H2,1-2H3,(H,26,28)/b25-20-. The lowest BCUT2D eigenvalue weighted by Crippen LogP contribution is -2.26. The van der Waals surface area contributed by atoms with Crippen LogP contribution in [0.25, 0.3) is 5.69 Å². The van der Waals surface area contributed by atoms with Crippen LogP contribution in [0.1, 0.15) is 33.7 Å². The number of carbonyl (C=O) groups excluding carboxylic acids is 1. The summed E-state index contributed by atoms with van der Waals surface area (Å²) in [6.07, 6.45) is 0.0632. The van der Waals surface area contributed by atoms with Crippen LogP contribution in [0.15, 0.2) is 58.5 Å². The number of amides is 1. The van der Waals surface area contributed by atoms with Crippen LogP contribution in [0.3, 0.4) is 0 Å². The molecule has 9 heteroatoms. The van der Waals surface area contributed by atoms with E-state index in [0.717, 1.165) is 17.8 Å². The van der Waals surface area contributed by atoms with Gasteiger partial charge in [-0.25, -0.2) is 22.6 Å². The third-order valence-electron chi connectivity index (χ3n) is 5.25. The normalized spacial score (nSPS) is 16.2. The number of carbonyl (C=O) groups is 1. The molecule has 2 aromatic carbocycles. The Labute approximate surface area is 178 Å². The first-order valence-corrected chi connectivity index (χ1v) is 11.2. The van der Waals surface area contributed by atoms with Crippen molar-refractivity contribution in [3.8, 4) is 5.69 Å². The molecule has 1 aliphatic rings. The molecule has 0 fully saturated rings. The van der Waals surface area contributed by atoms with Crippen LogP contribution < -0.4 is 5.43 Å². The average molecular weight is 443 g/mol. The van der Waals surface area contributed by atoms with E-state index in [9.17, 15) is 22.0 Å². The van der Waals surface area contributed by atoms with Gasteiger partial charge in [-0.05, 0) is 62.4 Å². The van der Waals surface area contributed by atoms with Gasteiger partial charge in [0.1, 0.15) is 11.6 Å². The summed E-state index contributed by atoms with van der Waals surface area (Å²) in [6, 6.07) is 11.0. The van der Waals surface area contributed by atoms with Gasteiger partial charge in [0.05, 0.1) is 21.9 Å². The Hall–Kier alpha value is -3.33. The first kappa shape index (κ1) is 20.9. The van der Waals surface area contributed by atoms with Crippen molar-refractivity contribution in [1.82, 2.24) is 9.99 Å². The van der Waals surface area contributed by atoms with Crippen molar-refractivity contribution < 1.29 is 22.0 Å². The van der Waals surface area contributed by atoms with Crippen LogP contribution in [-0.4, -0.2) is 30.4 Å². The van der Waals surface area contributed by atoms with E-state index in [2.05, 4.69) is 10.5 Å². The molecule has 1 aromatic heterocycles. The SMILES string of the molecule is Cc1cc(C(=O)N/N=C2/CCS(=O)(=O)c3ccc(F)cc32)c(C)n1-c1ccc(F)cc1. The van der Waals surface area contributed by atoms with Crippen LogP contribution in [0.4, 0.5) is 8.78 Å². The largest absolute Gasteiger partial charge is 0.318 e. The molecule has 0 unspecified atom stereocenters. The Balaban J connectivity index is 1.64. The smallest absolute Gasteiger partial charge is 0.273 e. The lowest BCUT2D eigenvalue weighted by molar-refractivity contribution is 0.0954. The second kappa shape index (κ2) is 7.73. The van der Waals surface area contributed by atoms with Crippen molar-refractivity contribution in [1.29, 1.82) is 0 Å². The van der Waals surface area contributed by atoms with Crippen molar-refractivity contribution in [3.05, 3.63) is 82.7 Å². The van der Waals surface area contributed by atoms with E-state index in [4.69, 9.17) is 0 Å². The molecule has 4 rings (SSSR count). The maximum atomic E-state index is 13.7. The summed E-state index contributed by atoms with van der Waals surface area (Å²) in [7, 11) is -3.52. The van der Waals surface area contributed by atoms with Gasteiger partial charge in [-0.3, -0.25) is 4.79 Å². The van der Waals surface area contributed by atoms with Crippen LogP contribution in [0, 0.1) is 25.5 Å². The Morgan fingerprint density at radius 2 is 1.71 bits per heavy atom. The fourth-order valence-electron chi connectivity index (χ4n) is 3.75. The second-order valence-electron chi connectivity index (χ2n) is 7.31. The molecule has 0 saturated carbocycles. The maximum Gasteiger partial charge on any atom is 0.273 e. The predicted octanol–water partition coefficient (Wildman–Crippen LogP) is 3.68. The number of benzene rings is 2. The van der Waals surface area contributed by atoms with Gasteiger partial charge in [0.15, 0.2) is 9.84 Å². The molecule has 2 heterocycles. The summed E-state index contributed by atoms with van der Waals surface area (Å²) in [4.78, 5) is 12.8. The van der Waals surface area contributed by atoms with Gasteiger partial charge in [-0.15, -0.1) is 0 Å². The van der Waals surface area contributed by atoms with Gasteiger partial charge in [0, 0.05) is 29.1 Å². The van der Waals surface area contributed by atoms with Crippen molar-refractivity contribution in [3.63, 3.8) is 0 Å². The zero-order chi connectivity index (χ0) is 22.3. The van der Waals surface area contributed by atoms with Crippen LogP contribution in [0.5, 0.6) is 0 Å². The molecule has 0 spiro atoms. The van der Waals surface area contributed by atoms with Gasteiger partial charge in [-0.2, -0.15) is 5.10 Å². The molecule has 1 amide bonds. The highest BCUT2D eigenvalue weighted by atomic mass is 32.2. The predicted molar refractivity (Wildman–Crippen MR) is 112 cm³/mol. The number of hydrazone groups is 1. The minimum atomic E-state index is -3.52. The summed E-state index contributed by atoms with van der Waals surface area (Å²) in [5, 5.41) is 4.10. The third kappa shape index (κ3) is 3.88. The van der Waals surface area contributed by atoms with Crippen LogP contribution in [0.2, 0.25) is 0 Å². The molecule has 1 N–H and O–H groups in total. The number of fused-ring (bicyclic) bond motifs is 1. The summed E-state index contributed by atoms with van der Waals surface area (Å²) in [6.45, 7) is 3.58. The fourth-order valence-corrected chi connectivity index (χ4v) is 5.22. The molecule has 0 bridgehead atoms. The summed E-state index contributed by atoms with van der Waals surface area (Å²) >= 11 is 0. The minimum Gasteiger partial charge on any atom is -0.318 e. The van der Waals surface area contributed by atoms with E-state index >= 15 is 0 Å². The van der Waals surface area contributed by atoms with Gasteiger partial charge >= 0.3 is 0 Å². The molecule has 6 nitrogen and oxygen atoms in total. The number of hydrogen-bond acceptors (Lipinski definition) is 4. The van der Waals surface area contributed by atoms with E-state index in [1.807, 2.05) is 11.5 Å². The molecule has 31 heavy (non-hydrogen) atoms. The third-order valence-corrected chi connectivity index (χ3v) is 7.02. The number of aryl methyl sites for hydroxylation is 1. The Kier molecular flexibility index (Phi) is 5.22. The summed E-state index contributed by atoms with van der Waals surface area (Å²) < 4.78 is 53.2. The highest BCUT2D eigenvalue weighted by molar-refractivity contribution is 7.91. The molecular formula is C22H19F2N3O3S. The van der Waals surface area contributed by atoms with Crippen molar-refractivity contribution in [2.24, 2.45) is 5.10 Å². The van der Waals surface area contributed by atoms with Gasteiger partial charge in [0.2, 0.25) is 0 Å². The highest BCUT2D eigenvalue weighted by Crippen LogP contribution is 2.26. The van der Waals surface area contributed by atoms with E-state index in [1.54, 1.807) is 25.1 Å². The van der Waals surface area contributed by atoms with E-state index in [-0.39, 0.29) is 28.4 Å². The molecular weight excluding hydrogens is 424 g/mol. The lowest BCUT2D eigenvalue weighted by Gasteiger charge is -2.18. The van der Waals surface area contributed by atoms with Crippen molar-refractivity contribution >= 4 is 21.5 Å². The molecule has 0 atom stereocenters. The molecule has 0 saturated heterocycles. The first-order chi connectivity index (χ1) is 14.7. The number of nitrogens with zero attached hydrogens (tertiary/aromatic N) is 2. The highest BCUT2D eigenvalue weighted by Gasteiger charge is 2.28. The lowest BCUT2D eigenvalue weighted by atomic mass is 10.1. The van der Waals surface area contributed by atoms with Gasteiger partial charge in [0.25, 0.3) is 5.91 Å². The van der Waals surface area contributed by atoms with E-state index in [0.29, 0.717) is 22.7 Å².